The van der Waals surface area contributed by atoms with E-state index in [0.29, 0.717) is 56.6 Å². The molecule has 2 fully saturated rings. The van der Waals surface area contributed by atoms with Crippen LogP contribution in [0.3, 0.4) is 0 Å². The predicted octanol–water partition coefficient (Wildman–Crippen LogP) is 2.62. The van der Waals surface area contributed by atoms with E-state index >= 15 is 0 Å². The van der Waals surface area contributed by atoms with Crippen molar-refractivity contribution in [3.63, 3.8) is 0 Å². The van der Waals surface area contributed by atoms with Crippen molar-refractivity contribution in [3.05, 3.63) is 54.1 Å². The van der Waals surface area contributed by atoms with Gasteiger partial charge in [-0.25, -0.2) is 0 Å². The first-order chi connectivity index (χ1) is 21.8. The molecule has 0 spiro atoms. The number of β-amino-alcohol motifs (C(OH)–C–C–N with tert-alkyl or cyclic N) is 1. The number of carbonyl (C=O) groups is 2. The van der Waals surface area contributed by atoms with Gasteiger partial charge in [-0.3, -0.25) is 9.59 Å². The Morgan fingerprint density at radius 1 is 0.915 bits per heavy atom. The maximum absolute atomic E-state index is 12.8. The van der Waals surface area contributed by atoms with Crippen molar-refractivity contribution in [1.82, 2.24) is 15.0 Å². The highest BCUT2D eigenvalue weighted by molar-refractivity contribution is 8.00. The molecule has 2 aliphatic heterocycles. The number of piperidine rings is 1. The number of thioether (sulfide) groups is 1. The number of nitrogens with one attached hydrogen (secondary N) is 2. The number of alkyl halides is 3. The summed E-state index contributed by atoms with van der Waals surface area (Å²) in [5.41, 5.74) is 15.1. The minimum absolute atomic E-state index is 0. The van der Waals surface area contributed by atoms with Gasteiger partial charge in [0.1, 0.15) is 0 Å². The van der Waals surface area contributed by atoms with Gasteiger partial charge in [0.15, 0.2) is 5.78 Å². The largest absolute Gasteiger partial charge is 0.446 e. The van der Waals surface area contributed by atoms with Gasteiger partial charge in [0, 0.05) is 66.1 Å². The zero-order chi connectivity index (χ0) is 33.0. The van der Waals surface area contributed by atoms with E-state index < -0.39 is 29.7 Å². The van der Waals surface area contributed by atoms with Gasteiger partial charge in [0.05, 0.1) is 12.5 Å². The quantitative estimate of drug-likeness (QED) is 0.103. The van der Waals surface area contributed by atoms with Gasteiger partial charge >= 0.3 is 5.51 Å². The normalized spacial score (nSPS) is 21.3. The lowest BCUT2D eigenvalue weighted by Crippen LogP contribution is -2.53. The maximum Gasteiger partial charge on any atom is 0.446 e. The van der Waals surface area contributed by atoms with E-state index in [-0.39, 0.29) is 64.4 Å². The van der Waals surface area contributed by atoms with Gasteiger partial charge in [0.2, 0.25) is 23.8 Å². The molecule has 254 valence electrons. The van der Waals surface area contributed by atoms with Crippen LogP contribution in [0.1, 0.15) is 29.6 Å². The van der Waals surface area contributed by atoms with Gasteiger partial charge in [0.25, 0.3) is 0 Å². The number of nitrogens with two attached hydrogens (primary N) is 3. The third-order valence-corrected chi connectivity index (χ3v) is 8.23. The van der Waals surface area contributed by atoms with Crippen molar-refractivity contribution in [2.75, 3.05) is 46.6 Å². The summed E-state index contributed by atoms with van der Waals surface area (Å²) in [7, 11) is 0. The number of Topliss-reactive ketones (excluding diaryl/α,β-unsaturated/α-hetero) is 1. The van der Waals surface area contributed by atoms with Crippen molar-refractivity contribution in [1.29, 1.82) is 0 Å². The lowest BCUT2D eigenvalue weighted by atomic mass is 10.0. The number of aliphatic hydroxyl groups is 1. The number of amides is 1. The number of hydrogen-bond acceptors (Lipinski definition) is 13. The van der Waals surface area contributed by atoms with Crippen LogP contribution in [0.25, 0.3) is 0 Å². The summed E-state index contributed by atoms with van der Waals surface area (Å²) in [6.07, 6.45) is 0.131. The lowest BCUT2D eigenvalue weighted by molar-refractivity contribution is -0.115. The van der Waals surface area contributed by atoms with Crippen molar-refractivity contribution in [2.45, 2.75) is 53.9 Å². The number of aromatic nitrogens is 3. The lowest BCUT2D eigenvalue weighted by Gasteiger charge is -2.35. The fourth-order valence-electron chi connectivity index (χ4n) is 5.44. The van der Waals surface area contributed by atoms with Gasteiger partial charge in [-0.1, -0.05) is 0 Å². The van der Waals surface area contributed by atoms with E-state index in [1.807, 2.05) is 9.80 Å². The molecule has 18 heteroatoms. The molecular weight excluding hydrogens is 661 g/mol. The second-order valence-corrected chi connectivity index (χ2v) is 12.4. The molecule has 2 aliphatic rings. The second-order valence-electron chi connectivity index (χ2n) is 11.3. The molecule has 13 nitrogen and oxygen atoms in total. The summed E-state index contributed by atoms with van der Waals surface area (Å²) in [5.74, 6) is -0.103. The van der Waals surface area contributed by atoms with Crippen LogP contribution in [0.2, 0.25) is 0 Å². The zero-order valence-corrected chi connectivity index (χ0v) is 26.7. The number of anilines is 5. The van der Waals surface area contributed by atoms with E-state index in [1.165, 1.54) is 24.3 Å². The Morgan fingerprint density at radius 3 is 2.15 bits per heavy atom. The highest BCUT2D eigenvalue weighted by atomic mass is 35.5. The summed E-state index contributed by atoms with van der Waals surface area (Å²) in [5, 5.41) is 15.9. The van der Waals surface area contributed by atoms with Crippen molar-refractivity contribution in [2.24, 2.45) is 17.2 Å². The van der Waals surface area contributed by atoms with E-state index in [9.17, 15) is 27.9 Å². The number of benzene rings is 2. The minimum atomic E-state index is -4.41. The zero-order valence-electron chi connectivity index (χ0n) is 25.1. The Bertz CT molecular complexity index is 1530. The SMILES string of the molecule is Cl.NC[C@@H]1C[C@H](O)CN1c1nc(Nc2ccc(C(=O)CC(=O)Nc3ccc(SC(F)(F)F)cc3)cc2)nc(N2C[C@H](N)C[C@H](N)C2)n1. The average Bonchev–Trinajstić information content (AvgIpc) is 3.38. The molecule has 1 aromatic heterocycles. The van der Waals surface area contributed by atoms with Crippen LogP contribution >= 0.6 is 24.2 Å². The van der Waals surface area contributed by atoms with E-state index in [2.05, 4.69) is 25.6 Å². The molecule has 1 amide bonds. The maximum atomic E-state index is 12.8. The summed E-state index contributed by atoms with van der Waals surface area (Å²) in [6, 6.07) is 11.1. The monoisotopic (exact) mass is 696 g/mol. The molecule has 2 saturated heterocycles. The number of aliphatic hydroxyl groups excluding tert-OH is 1. The Hall–Kier alpha value is -3.74. The standard InChI is InChI=1S/C29H35F3N10O3S.ClH/c30-29(31,32)46-23-7-5-19(6-8-23)36-25(45)11-24(44)16-1-3-20(4-2-16)37-26-38-27(41-13-17(34)9-18(35)14-41)40-28(39-26)42-15-22(43)10-21(42)12-33;/h1-8,17-18,21-22,43H,9-15,33-35H2,(H,36,45)(H,37,38,39,40);1H/t17-,18+,21-,22-;/m0./s1. The average molecular weight is 697 g/mol. The first kappa shape index (κ1) is 36.1. The smallest absolute Gasteiger partial charge is 0.391 e. The second kappa shape index (κ2) is 15.4. The molecule has 3 aromatic rings. The van der Waals surface area contributed by atoms with Gasteiger partial charge in [-0.05, 0) is 73.1 Å². The number of hydrogen-bond donors (Lipinski definition) is 6. The number of halogens is 4. The van der Waals surface area contributed by atoms with Gasteiger partial charge in [-0.2, -0.15) is 28.1 Å². The highest BCUT2D eigenvalue weighted by Gasteiger charge is 2.34. The Balaban J connectivity index is 0.00000500. The molecule has 9 N–H and O–H groups in total. The van der Waals surface area contributed by atoms with E-state index in [1.54, 1.807) is 24.3 Å². The Labute approximate surface area is 279 Å². The van der Waals surface area contributed by atoms with Crippen LogP contribution < -0.4 is 37.6 Å². The van der Waals surface area contributed by atoms with E-state index in [0.717, 1.165) is 0 Å². The topological polar surface area (TPSA) is 202 Å². The van der Waals surface area contributed by atoms with Crippen LogP contribution in [0.5, 0.6) is 0 Å². The third-order valence-electron chi connectivity index (χ3n) is 7.49. The molecular formula is C29H36ClF3N10O3S. The van der Waals surface area contributed by atoms with Crippen LogP contribution in [0.15, 0.2) is 53.4 Å². The highest BCUT2D eigenvalue weighted by Crippen LogP contribution is 2.37. The number of carbonyl (C=O) groups excluding carboxylic acids is 2. The summed E-state index contributed by atoms with van der Waals surface area (Å²) < 4.78 is 37.6. The molecule has 0 aliphatic carbocycles. The first-order valence-corrected chi connectivity index (χ1v) is 15.4. The van der Waals surface area contributed by atoms with Gasteiger partial charge < -0.3 is 42.7 Å². The molecule has 0 radical (unpaired) electrons. The summed E-state index contributed by atoms with van der Waals surface area (Å²) in [6.45, 7) is 1.64. The predicted molar refractivity (Wildman–Crippen MR) is 176 cm³/mol. The summed E-state index contributed by atoms with van der Waals surface area (Å²) in [4.78, 5) is 42.8. The third kappa shape index (κ3) is 9.88. The first-order valence-electron chi connectivity index (χ1n) is 14.6. The van der Waals surface area contributed by atoms with Crippen LogP contribution in [-0.4, -0.2) is 87.7 Å². The van der Waals surface area contributed by atoms with Crippen LogP contribution in [-0.2, 0) is 4.79 Å². The van der Waals surface area contributed by atoms with Crippen molar-refractivity contribution in [3.8, 4) is 0 Å². The molecule has 5 rings (SSSR count). The molecule has 0 saturated carbocycles. The van der Waals surface area contributed by atoms with Crippen molar-refractivity contribution >= 4 is 65.1 Å². The summed E-state index contributed by atoms with van der Waals surface area (Å²) >= 11 is -0.258. The van der Waals surface area contributed by atoms with E-state index in [4.69, 9.17) is 17.2 Å². The fourth-order valence-corrected chi connectivity index (χ4v) is 5.98. The molecule has 0 bridgehead atoms. The molecule has 0 unspecified atom stereocenters. The van der Waals surface area contributed by atoms with Crippen LogP contribution in [0.4, 0.5) is 42.4 Å². The molecule has 4 atom stereocenters. The van der Waals surface area contributed by atoms with Crippen molar-refractivity contribution < 1.29 is 27.9 Å². The number of nitrogens with zero attached hydrogens (tertiary/aromatic N) is 5. The molecule has 2 aromatic carbocycles. The molecule has 3 heterocycles. The number of rotatable bonds is 10. The van der Waals surface area contributed by atoms with Crippen LogP contribution in [0, 0.1) is 0 Å². The molecule has 47 heavy (non-hydrogen) atoms. The Kier molecular flexibility index (Phi) is 11.9. The minimum Gasteiger partial charge on any atom is -0.391 e. The fraction of sp³-hybridized carbons (Fsp3) is 0.414. The van der Waals surface area contributed by atoms with Gasteiger partial charge in [-0.15, -0.1) is 12.4 Å². The Morgan fingerprint density at radius 2 is 1.53 bits per heavy atom. The number of ketones is 1.